The van der Waals surface area contributed by atoms with E-state index in [0.717, 1.165) is 0 Å². The molecule has 3 heteroatoms. The molecular weight excluding hydrogens is 208 g/mol. The summed E-state index contributed by atoms with van der Waals surface area (Å²) in [6.07, 6.45) is 9.30. The van der Waals surface area contributed by atoms with Crippen molar-refractivity contribution in [3.63, 3.8) is 0 Å². The van der Waals surface area contributed by atoms with Crippen molar-refractivity contribution in [3.05, 3.63) is 30.1 Å². The van der Waals surface area contributed by atoms with Crippen LogP contribution in [0.5, 0.6) is 0 Å². The number of rotatable bonds is 1. The normalized spacial score (nSPS) is 23.5. The van der Waals surface area contributed by atoms with Gasteiger partial charge >= 0.3 is 0 Å². The largest absolute Gasteiger partial charge is 0.294 e. The van der Waals surface area contributed by atoms with Crippen LogP contribution in [-0.4, -0.2) is 23.0 Å². The molecule has 2 aliphatic rings. The van der Waals surface area contributed by atoms with Gasteiger partial charge in [-0.2, -0.15) is 0 Å². The van der Waals surface area contributed by atoms with Gasteiger partial charge in [0.05, 0.1) is 0 Å². The molecule has 82 valence electrons. The van der Waals surface area contributed by atoms with E-state index in [2.05, 4.69) is 28.2 Å². The van der Waals surface area contributed by atoms with E-state index in [9.17, 15) is 0 Å². The summed E-state index contributed by atoms with van der Waals surface area (Å²) in [6, 6.07) is 4.32. The SMILES string of the molecule is Cl.c1cncc(C23CCCN2CCC3)c1. The molecule has 2 saturated heterocycles. The second kappa shape index (κ2) is 4.11. The van der Waals surface area contributed by atoms with E-state index in [1.807, 2.05) is 6.20 Å². The molecule has 0 bridgehead atoms. The number of aromatic nitrogens is 1. The Morgan fingerprint density at radius 1 is 1.20 bits per heavy atom. The number of pyridine rings is 1. The fourth-order valence-electron chi connectivity index (χ4n) is 3.22. The highest BCUT2D eigenvalue weighted by atomic mass is 35.5. The molecule has 0 atom stereocenters. The van der Waals surface area contributed by atoms with E-state index in [1.54, 1.807) is 0 Å². The third-order valence-electron chi connectivity index (χ3n) is 3.84. The molecule has 0 saturated carbocycles. The molecular formula is C12H17ClN2. The number of nitrogens with zero attached hydrogens (tertiary/aromatic N) is 2. The van der Waals surface area contributed by atoms with Crippen molar-refractivity contribution < 1.29 is 0 Å². The fraction of sp³-hybridized carbons (Fsp3) is 0.583. The lowest BCUT2D eigenvalue weighted by atomic mass is 9.87. The number of hydrogen-bond acceptors (Lipinski definition) is 2. The van der Waals surface area contributed by atoms with Gasteiger partial charge in [0.1, 0.15) is 0 Å². The Morgan fingerprint density at radius 2 is 1.93 bits per heavy atom. The molecule has 0 radical (unpaired) electrons. The van der Waals surface area contributed by atoms with Crippen LogP contribution in [0, 0.1) is 0 Å². The maximum atomic E-state index is 4.26. The minimum Gasteiger partial charge on any atom is -0.294 e. The van der Waals surface area contributed by atoms with Gasteiger partial charge in [0.25, 0.3) is 0 Å². The lowest BCUT2D eigenvalue weighted by molar-refractivity contribution is 0.197. The molecule has 1 aromatic rings. The zero-order valence-electron chi connectivity index (χ0n) is 8.85. The maximum absolute atomic E-state index is 4.26. The molecule has 0 spiro atoms. The molecule has 3 heterocycles. The summed E-state index contributed by atoms with van der Waals surface area (Å²) >= 11 is 0. The van der Waals surface area contributed by atoms with Crippen molar-refractivity contribution in [2.45, 2.75) is 31.2 Å². The summed E-state index contributed by atoms with van der Waals surface area (Å²) in [5.41, 5.74) is 1.81. The third kappa shape index (κ3) is 1.56. The molecule has 0 aliphatic carbocycles. The molecule has 0 unspecified atom stereocenters. The van der Waals surface area contributed by atoms with Gasteiger partial charge < -0.3 is 0 Å². The van der Waals surface area contributed by atoms with Gasteiger partial charge in [-0.05, 0) is 50.4 Å². The summed E-state index contributed by atoms with van der Waals surface area (Å²) in [7, 11) is 0. The quantitative estimate of drug-likeness (QED) is 0.729. The second-order valence-electron chi connectivity index (χ2n) is 4.47. The zero-order valence-corrected chi connectivity index (χ0v) is 9.67. The molecule has 3 rings (SSSR count). The first kappa shape index (κ1) is 10.9. The summed E-state index contributed by atoms with van der Waals surface area (Å²) in [4.78, 5) is 6.91. The van der Waals surface area contributed by atoms with Crippen LogP contribution in [0.3, 0.4) is 0 Å². The van der Waals surface area contributed by atoms with E-state index in [4.69, 9.17) is 0 Å². The molecule has 2 aliphatic heterocycles. The topological polar surface area (TPSA) is 16.1 Å². The van der Waals surface area contributed by atoms with Crippen LogP contribution in [-0.2, 0) is 5.54 Å². The summed E-state index contributed by atoms with van der Waals surface area (Å²) in [6.45, 7) is 2.57. The van der Waals surface area contributed by atoms with E-state index in [-0.39, 0.29) is 12.4 Å². The van der Waals surface area contributed by atoms with Gasteiger partial charge in [-0.25, -0.2) is 0 Å². The van der Waals surface area contributed by atoms with Crippen molar-refractivity contribution in [1.29, 1.82) is 0 Å². The molecule has 2 nitrogen and oxygen atoms in total. The van der Waals surface area contributed by atoms with E-state index < -0.39 is 0 Å². The molecule has 0 aromatic carbocycles. The zero-order chi connectivity index (χ0) is 9.43. The minimum atomic E-state index is 0. The summed E-state index contributed by atoms with van der Waals surface area (Å²) in [5, 5.41) is 0. The van der Waals surface area contributed by atoms with Gasteiger partial charge in [-0.15, -0.1) is 12.4 Å². The van der Waals surface area contributed by atoms with Crippen molar-refractivity contribution >= 4 is 12.4 Å². The van der Waals surface area contributed by atoms with E-state index in [0.29, 0.717) is 5.54 Å². The Labute approximate surface area is 97.1 Å². The fourth-order valence-corrected chi connectivity index (χ4v) is 3.22. The molecule has 15 heavy (non-hydrogen) atoms. The smallest absolute Gasteiger partial charge is 0.0476 e. The monoisotopic (exact) mass is 224 g/mol. The van der Waals surface area contributed by atoms with Crippen LogP contribution in [0.2, 0.25) is 0 Å². The second-order valence-corrected chi connectivity index (χ2v) is 4.47. The maximum Gasteiger partial charge on any atom is 0.0476 e. The van der Waals surface area contributed by atoms with Crippen molar-refractivity contribution in [1.82, 2.24) is 9.88 Å². The first-order valence-corrected chi connectivity index (χ1v) is 5.57. The highest BCUT2D eigenvalue weighted by Crippen LogP contribution is 2.46. The van der Waals surface area contributed by atoms with E-state index in [1.165, 1.54) is 44.3 Å². The van der Waals surface area contributed by atoms with Crippen molar-refractivity contribution in [3.8, 4) is 0 Å². The third-order valence-corrected chi connectivity index (χ3v) is 3.84. The van der Waals surface area contributed by atoms with Crippen LogP contribution in [0.15, 0.2) is 24.5 Å². The predicted molar refractivity (Wildman–Crippen MR) is 63.2 cm³/mol. The number of fused-ring (bicyclic) bond motifs is 1. The Hall–Kier alpha value is -0.600. The molecule has 2 fully saturated rings. The average Bonchev–Trinajstić information content (AvgIpc) is 2.77. The summed E-state index contributed by atoms with van der Waals surface area (Å²) in [5.74, 6) is 0. The van der Waals surface area contributed by atoms with Crippen LogP contribution in [0.1, 0.15) is 31.2 Å². The first-order chi connectivity index (χ1) is 6.92. The Balaban J connectivity index is 0.000000853. The molecule has 1 aromatic heterocycles. The Bertz CT molecular complexity index is 316. The van der Waals surface area contributed by atoms with Crippen LogP contribution >= 0.6 is 12.4 Å². The number of hydrogen-bond donors (Lipinski definition) is 0. The minimum absolute atomic E-state index is 0. The van der Waals surface area contributed by atoms with Gasteiger partial charge in [0.2, 0.25) is 0 Å². The van der Waals surface area contributed by atoms with Crippen LogP contribution in [0.4, 0.5) is 0 Å². The molecule has 0 amide bonds. The first-order valence-electron chi connectivity index (χ1n) is 5.57. The van der Waals surface area contributed by atoms with Gasteiger partial charge in [-0.3, -0.25) is 9.88 Å². The van der Waals surface area contributed by atoms with Crippen molar-refractivity contribution in [2.24, 2.45) is 0 Å². The Morgan fingerprint density at radius 3 is 2.53 bits per heavy atom. The standard InChI is InChI=1S/C12H16N2.ClH/c1-4-11(10-13-7-1)12-5-2-8-14(12)9-3-6-12;/h1,4,7,10H,2-3,5-6,8-9H2;1H. The predicted octanol–water partition coefficient (Wildman–Crippen LogP) is 2.59. The van der Waals surface area contributed by atoms with Crippen LogP contribution < -0.4 is 0 Å². The highest BCUT2D eigenvalue weighted by Gasteiger charge is 2.45. The lowest BCUT2D eigenvalue weighted by Crippen LogP contribution is -2.35. The molecule has 0 N–H and O–H groups in total. The van der Waals surface area contributed by atoms with E-state index >= 15 is 0 Å². The lowest BCUT2D eigenvalue weighted by Gasteiger charge is -2.32. The van der Waals surface area contributed by atoms with Gasteiger partial charge in [0, 0.05) is 17.9 Å². The average molecular weight is 225 g/mol. The summed E-state index contributed by atoms with van der Waals surface area (Å²) < 4.78 is 0. The van der Waals surface area contributed by atoms with Crippen LogP contribution in [0.25, 0.3) is 0 Å². The van der Waals surface area contributed by atoms with Gasteiger partial charge in [-0.1, -0.05) is 6.07 Å². The van der Waals surface area contributed by atoms with Gasteiger partial charge in [0.15, 0.2) is 0 Å². The highest BCUT2D eigenvalue weighted by molar-refractivity contribution is 5.85. The number of halogens is 1. The Kier molecular flexibility index (Phi) is 2.98. The van der Waals surface area contributed by atoms with Crippen molar-refractivity contribution in [2.75, 3.05) is 13.1 Å².